The molecule has 0 spiro atoms. The summed E-state index contributed by atoms with van der Waals surface area (Å²) in [5.74, 6) is 2.86. The topological polar surface area (TPSA) is 76.5 Å². The molecule has 100 valence electrons. The molecule has 1 aromatic rings. The van der Waals surface area contributed by atoms with Crippen LogP contribution in [0.3, 0.4) is 0 Å². The molecule has 2 atom stereocenters. The van der Waals surface area contributed by atoms with Crippen LogP contribution in [0.15, 0.2) is 16.5 Å². The van der Waals surface area contributed by atoms with E-state index < -0.39 is 10.2 Å². The maximum atomic E-state index is 11.5. The molecular formula is C12H18N2O3S. The molecule has 0 radical (unpaired) electrons. The molecule has 0 bridgehead atoms. The second kappa shape index (κ2) is 4.08. The van der Waals surface area contributed by atoms with Gasteiger partial charge in [-0.1, -0.05) is 6.92 Å². The first-order valence-electron chi connectivity index (χ1n) is 6.33. The predicted molar refractivity (Wildman–Crippen MR) is 66.9 cm³/mol. The minimum absolute atomic E-state index is 0.0633. The first-order valence-corrected chi connectivity index (χ1v) is 7.83. The average molecular weight is 270 g/mol. The van der Waals surface area contributed by atoms with E-state index in [0.29, 0.717) is 17.6 Å². The van der Waals surface area contributed by atoms with Crippen LogP contribution in [0, 0.1) is 5.92 Å². The lowest BCUT2D eigenvalue weighted by Gasteiger charge is -2.17. The summed E-state index contributed by atoms with van der Waals surface area (Å²) in [5.41, 5.74) is 0. The molecule has 18 heavy (non-hydrogen) atoms. The quantitative estimate of drug-likeness (QED) is 0.882. The standard InChI is InChI=1S/C12H18N2O3S/c1-8-6-11(8)12-5-4-10(17-12)7-14(9-2-3-9)18(13,15)16/h4-5,8-9,11H,2-3,6-7H2,1H3,(H2,13,15,16)/t8-,11+/m1/s1. The van der Waals surface area contributed by atoms with Gasteiger partial charge in [0, 0.05) is 12.0 Å². The molecule has 2 aliphatic rings. The molecule has 0 saturated heterocycles. The van der Waals surface area contributed by atoms with Crippen LogP contribution in [0.5, 0.6) is 0 Å². The number of hydrogen-bond acceptors (Lipinski definition) is 3. The van der Waals surface area contributed by atoms with E-state index in [2.05, 4.69) is 6.92 Å². The van der Waals surface area contributed by atoms with Crippen molar-refractivity contribution in [2.45, 2.75) is 44.7 Å². The molecule has 2 aliphatic carbocycles. The Morgan fingerprint density at radius 2 is 2.11 bits per heavy atom. The third-order valence-electron chi connectivity index (χ3n) is 3.75. The monoisotopic (exact) mass is 270 g/mol. The highest BCUT2D eigenvalue weighted by atomic mass is 32.2. The van der Waals surface area contributed by atoms with E-state index in [9.17, 15) is 8.42 Å². The van der Waals surface area contributed by atoms with Gasteiger partial charge in [-0.15, -0.1) is 0 Å². The zero-order valence-corrected chi connectivity index (χ0v) is 11.2. The van der Waals surface area contributed by atoms with E-state index in [1.54, 1.807) is 0 Å². The fourth-order valence-corrected chi connectivity index (χ4v) is 3.27. The summed E-state index contributed by atoms with van der Waals surface area (Å²) in [6.07, 6.45) is 2.95. The second-order valence-electron chi connectivity index (χ2n) is 5.44. The summed E-state index contributed by atoms with van der Waals surface area (Å²) in [5, 5.41) is 5.23. The summed E-state index contributed by atoms with van der Waals surface area (Å²) in [6, 6.07) is 3.88. The molecule has 2 N–H and O–H groups in total. The molecule has 1 aromatic heterocycles. The SMILES string of the molecule is C[C@@H]1C[C@@H]1c1ccc(CN(C2CC2)S(N)(=O)=O)o1. The number of hydrogen-bond donors (Lipinski definition) is 1. The molecule has 0 aliphatic heterocycles. The van der Waals surface area contributed by atoms with Gasteiger partial charge in [-0.3, -0.25) is 0 Å². The van der Waals surface area contributed by atoms with Crippen LogP contribution < -0.4 is 5.14 Å². The molecule has 5 nitrogen and oxygen atoms in total. The lowest BCUT2D eigenvalue weighted by molar-refractivity contribution is 0.348. The van der Waals surface area contributed by atoms with Crippen LogP contribution in [0.2, 0.25) is 0 Å². The van der Waals surface area contributed by atoms with Crippen molar-refractivity contribution in [3.63, 3.8) is 0 Å². The van der Waals surface area contributed by atoms with Crippen LogP contribution in [-0.4, -0.2) is 18.8 Å². The summed E-state index contributed by atoms with van der Waals surface area (Å²) in [4.78, 5) is 0. The van der Waals surface area contributed by atoms with Crippen LogP contribution in [-0.2, 0) is 16.8 Å². The van der Waals surface area contributed by atoms with Crippen molar-refractivity contribution in [3.8, 4) is 0 Å². The van der Waals surface area contributed by atoms with Crippen molar-refractivity contribution in [1.82, 2.24) is 4.31 Å². The van der Waals surface area contributed by atoms with Crippen LogP contribution in [0.1, 0.15) is 43.6 Å². The Bertz CT molecular complexity index is 547. The van der Waals surface area contributed by atoms with Crippen molar-refractivity contribution in [2.24, 2.45) is 11.1 Å². The smallest absolute Gasteiger partial charge is 0.277 e. The van der Waals surface area contributed by atoms with Gasteiger partial charge >= 0.3 is 0 Å². The van der Waals surface area contributed by atoms with Gasteiger partial charge in [0.15, 0.2) is 0 Å². The van der Waals surface area contributed by atoms with E-state index >= 15 is 0 Å². The van der Waals surface area contributed by atoms with Gasteiger partial charge in [0.05, 0.1) is 6.54 Å². The summed E-state index contributed by atoms with van der Waals surface area (Å²) < 4.78 is 30.0. The Morgan fingerprint density at radius 3 is 2.61 bits per heavy atom. The molecule has 0 amide bonds. The van der Waals surface area contributed by atoms with Gasteiger partial charge in [-0.05, 0) is 37.3 Å². The minimum atomic E-state index is -3.63. The Labute approximate surface area is 107 Å². The third-order valence-corrected chi connectivity index (χ3v) is 4.83. The van der Waals surface area contributed by atoms with Crippen molar-refractivity contribution in [2.75, 3.05) is 0 Å². The molecule has 0 aromatic carbocycles. The first-order chi connectivity index (χ1) is 8.45. The van der Waals surface area contributed by atoms with Crippen LogP contribution >= 0.6 is 0 Å². The molecule has 2 saturated carbocycles. The summed E-state index contributed by atoms with van der Waals surface area (Å²) in [7, 11) is -3.63. The largest absolute Gasteiger partial charge is 0.464 e. The highest BCUT2D eigenvalue weighted by Crippen LogP contribution is 2.47. The zero-order chi connectivity index (χ0) is 12.9. The lowest BCUT2D eigenvalue weighted by atomic mass is 10.3. The zero-order valence-electron chi connectivity index (χ0n) is 10.4. The number of rotatable bonds is 5. The minimum Gasteiger partial charge on any atom is -0.464 e. The predicted octanol–water partition coefficient (Wildman–Crippen LogP) is 1.57. The maximum absolute atomic E-state index is 11.5. The van der Waals surface area contributed by atoms with Gasteiger partial charge in [-0.2, -0.15) is 12.7 Å². The van der Waals surface area contributed by atoms with Gasteiger partial charge in [0.2, 0.25) is 0 Å². The lowest BCUT2D eigenvalue weighted by Crippen LogP contribution is -2.37. The van der Waals surface area contributed by atoms with Gasteiger partial charge in [0.1, 0.15) is 11.5 Å². The highest BCUT2D eigenvalue weighted by molar-refractivity contribution is 7.86. The van der Waals surface area contributed by atoms with Crippen molar-refractivity contribution < 1.29 is 12.8 Å². The summed E-state index contributed by atoms with van der Waals surface area (Å²) >= 11 is 0. The van der Waals surface area contributed by atoms with E-state index in [-0.39, 0.29) is 12.6 Å². The van der Waals surface area contributed by atoms with Crippen molar-refractivity contribution in [3.05, 3.63) is 23.7 Å². The molecule has 3 rings (SSSR count). The Hall–Kier alpha value is -0.850. The Kier molecular flexibility index (Phi) is 2.76. The molecule has 1 heterocycles. The van der Waals surface area contributed by atoms with E-state index in [0.717, 1.165) is 25.0 Å². The number of nitrogens with two attached hydrogens (primary N) is 1. The van der Waals surface area contributed by atoms with Gasteiger partial charge in [0.25, 0.3) is 10.2 Å². The fraction of sp³-hybridized carbons (Fsp3) is 0.667. The van der Waals surface area contributed by atoms with E-state index in [4.69, 9.17) is 9.56 Å². The normalized spacial score (nSPS) is 27.7. The van der Waals surface area contributed by atoms with Crippen molar-refractivity contribution in [1.29, 1.82) is 0 Å². The van der Waals surface area contributed by atoms with Crippen molar-refractivity contribution >= 4 is 10.2 Å². The Morgan fingerprint density at radius 1 is 1.44 bits per heavy atom. The maximum Gasteiger partial charge on any atom is 0.277 e. The summed E-state index contributed by atoms with van der Waals surface area (Å²) in [6.45, 7) is 2.44. The van der Waals surface area contributed by atoms with Gasteiger partial charge in [-0.25, -0.2) is 5.14 Å². The van der Waals surface area contributed by atoms with E-state index in [1.165, 1.54) is 4.31 Å². The van der Waals surface area contributed by atoms with Gasteiger partial charge < -0.3 is 4.42 Å². The number of furan rings is 1. The van der Waals surface area contributed by atoms with Crippen LogP contribution in [0.25, 0.3) is 0 Å². The average Bonchev–Trinajstić information content (AvgIpc) is 3.17. The third kappa shape index (κ3) is 2.46. The molecule has 0 unspecified atom stereocenters. The van der Waals surface area contributed by atoms with Crippen LogP contribution in [0.4, 0.5) is 0 Å². The highest BCUT2D eigenvalue weighted by Gasteiger charge is 2.38. The number of nitrogens with zero attached hydrogens (tertiary/aromatic N) is 1. The fourth-order valence-electron chi connectivity index (χ4n) is 2.34. The first kappa shape index (κ1) is 12.2. The molecular weight excluding hydrogens is 252 g/mol. The molecule has 6 heteroatoms. The molecule has 2 fully saturated rings. The van der Waals surface area contributed by atoms with E-state index in [1.807, 2.05) is 12.1 Å². The Balaban J connectivity index is 1.73. The second-order valence-corrected chi connectivity index (χ2v) is 6.94.